The van der Waals surface area contributed by atoms with Crippen LogP contribution in [0.4, 0.5) is 0 Å². The van der Waals surface area contributed by atoms with Crippen LogP contribution in [0.25, 0.3) is 11.1 Å². The Balaban J connectivity index is 1.67. The minimum atomic E-state index is -0.471. The molecule has 2 aliphatic rings. The van der Waals surface area contributed by atoms with Crippen LogP contribution in [0.15, 0.2) is 36.4 Å². The van der Waals surface area contributed by atoms with Gasteiger partial charge in [-0.15, -0.1) is 0 Å². The zero-order chi connectivity index (χ0) is 18.3. The van der Waals surface area contributed by atoms with E-state index in [1.807, 2.05) is 36.4 Å². The van der Waals surface area contributed by atoms with Crippen LogP contribution in [0.3, 0.4) is 0 Å². The molecule has 0 saturated heterocycles. The molecule has 0 fully saturated rings. The van der Waals surface area contributed by atoms with E-state index >= 15 is 0 Å². The molecule has 0 radical (unpaired) electrons. The van der Waals surface area contributed by atoms with E-state index in [1.165, 1.54) is 0 Å². The smallest absolute Gasteiger partial charge is 0.208 e. The molecule has 4 atom stereocenters. The molecule has 26 heavy (non-hydrogen) atoms. The molecular weight excluding hydrogens is 336 g/mol. The van der Waals surface area contributed by atoms with Gasteiger partial charge in [-0.25, -0.2) is 0 Å². The zero-order valence-corrected chi connectivity index (χ0v) is 14.7. The number of hydrogen-bond acceptors (Lipinski definition) is 6. The third-order valence-corrected chi connectivity index (χ3v) is 5.16. The van der Waals surface area contributed by atoms with Crippen LogP contribution in [0.5, 0.6) is 11.5 Å². The van der Waals surface area contributed by atoms with Gasteiger partial charge in [-0.1, -0.05) is 24.3 Å². The van der Waals surface area contributed by atoms with Crippen LogP contribution in [0.2, 0.25) is 0 Å². The minimum absolute atomic E-state index is 0.0293. The minimum Gasteiger partial charge on any atom is -0.464 e. The van der Waals surface area contributed by atoms with E-state index in [0.717, 1.165) is 33.8 Å². The Bertz CT molecular complexity index is 737. The maximum atomic E-state index is 9.59. The van der Waals surface area contributed by atoms with E-state index in [4.69, 9.17) is 18.9 Å². The van der Waals surface area contributed by atoms with Crippen LogP contribution in [0.1, 0.15) is 23.0 Å². The van der Waals surface area contributed by atoms with Gasteiger partial charge >= 0.3 is 0 Å². The SMILES string of the molecule is CO[C@@H]1Oc2cc(-c3ccc4c(c3)O[C@H](OC)[C@H]4CO)ccc2[C@H]1CO. The first-order valence-corrected chi connectivity index (χ1v) is 8.59. The average molecular weight is 358 g/mol. The lowest BCUT2D eigenvalue weighted by Gasteiger charge is -2.14. The molecular formula is C20H22O6. The average Bonchev–Trinajstić information content (AvgIpc) is 3.23. The second-order valence-corrected chi connectivity index (χ2v) is 6.53. The standard InChI is InChI=1S/C20H22O6/c1-23-19-15(9-21)13-5-3-11(7-17(13)25-19)12-4-6-14-16(10-22)20(24-2)26-18(14)8-12/h3-8,15-16,19-22H,9-10H2,1-2H3/t15-,16+,19-,20+. The van der Waals surface area contributed by atoms with Crippen molar-refractivity contribution in [2.24, 2.45) is 0 Å². The van der Waals surface area contributed by atoms with Crippen molar-refractivity contribution in [3.8, 4) is 22.6 Å². The maximum Gasteiger partial charge on any atom is 0.208 e. The molecule has 0 spiro atoms. The Morgan fingerprint density at radius 3 is 1.54 bits per heavy atom. The van der Waals surface area contributed by atoms with E-state index in [-0.39, 0.29) is 25.0 Å². The predicted molar refractivity (Wildman–Crippen MR) is 94.4 cm³/mol. The van der Waals surface area contributed by atoms with Gasteiger partial charge in [0.25, 0.3) is 0 Å². The van der Waals surface area contributed by atoms with E-state index in [2.05, 4.69) is 0 Å². The quantitative estimate of drug-likeness (QED) is 0.854. The summed E-state index contributed by atoms with van der Waals surface area (Å²) in [6.07, 6.45) is -0.942. The molecule has 6 nitrogen and oxygen atoms in total. The summed E-state index contributed by atoms with van der Waals surface area (Å²) < 4.78 is 22.3. The zero-order valence-electron chi connectivity index (χ0n) is 14.7. The number of fused-ring (bicyclic) bond motifs is 2. The van der Waals surface area contributed by atoms with Gasteiger partial charge in [0.15, 0.2) is 0 Å². The number of aliphatic hydroxyl groups excluding tert-OH is 2. The van der Waals surface area contributed by atoms with Crippen molar-refractivity contribution in [3.05, 3.63) is 47.5 Å². The Hall–Kier alpha value is -2.12. The second kappa shape index (κ2) is 6.89. The number of ether oxygens (including phenoxy) is 4. The Morgan fingerprint density at radius 2 is 1.19 bits per heavy atom. The van der Waals surface area contributed by atoms with E-state index in [9.17, 15) is 10.2 Å². The lowest BCUT2D eigenvalue weighted by Crippen LogP contribution is -2.23. The summed E-state index contributed by atoms with van der Waals surface area (Å²) >= 11 is 0. The highest BCUT2D eigenvalue weighted by atomic mass is 16.7. The lowest BCUT2D eigenvalue weighted by atomic mass is 9.95. The first-order chi connectivity index (χ1) is 12.7. The lowest BCUT2D eigenvalue weighted by molar-refractivity contribution is -0.0634. The summed E-state index contributed by atoms with van der Waals surface area (Å²) in [4.78, 5) is 0. The summed E-state index contributed by atoms with van der Waals surface area (Å²) in [5, 5.41) is 19.2. The van der Waals surface area contributed by atoms with Crippen LogP contribution in [-0.4, -0.2) is 50.2 Å². The molecule has 2 heterocycles. The van der Waals surface area contributed by atoms with Crippen LogP contribution in [0, 0.1) is 0 Å². The predicted octanol–water partition coefficient (Wildman–Crippen LogP) is 2.24. The molecule has 138 valence electrons. The molecule has 6 heteroatoms. The van der Waals surface area contributed by atoms with Crippen LogP contribution < -0.4 is 9.47 Å². The van der Waals surface area contributed by atoms with Crippen molar-refractivity contribution in [1.82, 2.24) is 0 Å². The third-order valence-electron chi connectivity index (χ3n) is 5.16. The fraction of sp³-hybridized carbons (Fsp3) is 0.400. The highest BCUT2D eigenvalue weighted by Crippen LogP contribution is 2.43. The Kier molecular flexibility index (Phi) is 4.58. The van der Waals surface area contributed by atoms with E-state index < -0.39 is 12.6 Å². The van der Waals surface area contributed by atoms with Gasteiger partial charge in [-0.2, -0.15) is 0 Å². The summed E-state index contributed by atoms with van der Waals surface area (Å²) in [6, 6.07) is 11.8. The maximum absolute atomic E-state index is 9.59. The molecule has 0 aliphatic carbocycles. The molecule has 4 rings (SSSR count). The van der Waals surface area contributed by atoms with Gasteiger partial charge in [0.05, 0.1) is 25.0 Å². The van der Waals surface area contributed by atoms with Crippen molar-refractivity contribution in [1.29, 1.82) is 0 Å². The van der Waals surface area contributed by atoms with Crippen molar-refractivity contribution in [2.45, 2.75) is 24.4 Å². The Morgan fingerprint density at radius 1 is 0.769 bits per heavy atom. The summed E-state index contributed by atoms with van der Waals surface area (Å²) in [7, 11) is 3.14. The van der Waals surface area contributed by atoms with Crippen LogP contribution in [-0.2, 0) is 9.47 Å². The summed E-state index contributed by atoms with van der Waals surface area (Å²) in [5.41, 5.74) is 3.84. The molecule has 0 bridgehead atoms. The fourth-order valence-electron chi connectivity index (χ4n) is 3.75. The van der Waals surface area contributed by atoms with Gasteiger partial charge in [-0.05, 0) is 23.3 Å². The molecule has 2 aromatic carbocycles. The third kappa shape index (κ3) is 2.66. The second-order valence-electron chi connectivity index (χ2n) is 6.53. The highest BCUT2D eigenvalue weighted by Gasteiger charge is 2.35. The number of aliphatic hydroxyl groups is 2. The molecule has 0 amide bonds. The molecule has 2 aromatic rings. The largest absolute Gasteiger partial charge is 0.464 e. The normalized spacial score (nSPS) is 26.2. The van der Waals surface area contributed by atoms with Gasteiger partial charge < -0.3 is 29.2 Å². The monoisotopic (exact) mass is 358 g/mol. The van der Waals surface area contributed by atoms with Crippen molar-refractivity contribution < 1.29 is 29.2 Å². The van der Waals surface area contributed by atoms with Crippen molar-refractivity contribution >= 4 is 0 Å². The molecule has 0 aromatic heterocycles. The molecule has 2 N–H and O–H groups in total. The first kappa shape index (κ1) is 17.3. The Labute approximate surface area is 151 Å². The fourth-order valence-corrected chi connectivity index (χ4v) is 3.75. The molecule has 0 unspecified atom stereocenters. The molecule has 2 aliphatic heterocycles. The number of benzene rings is 2. The van der Waals surface area contributed by atoms with Gasteiger partial charge in [0.1, 0.15) is 11.5 Å². The van der Waals surface area contributed by atoms with Crippen LogP contribution >= 0.6 is 0 Å². The number of methoxy groups -OCH3 is 2. The summed E-state index contributed by atoms with van der Waals surface area (Å²) in [5.74, 6) is 1.08. The van der Waals surface area contributed by atoms with Gasteiger partial charge in [-0.3, -0.25) is 0 Å². The highest BCUT2D eigenvalue weighted by molar-refractivity contribution is 5.69. The molecule has 0 saturated carbocycles. The topological polar surface area (TPSA) is 77.4 Å². The van der Waals surface area contributed by atoms with Gasteiger partial charge in [0.2, 0.25) is 12.6 Å². The van der Waals surface area contributed by atoms with Gasteiger partial charge in [0, 0.05) is 25.3 Å². The van der Waals surface area contributed by atoms with Crippen molar-refractivity contribution in [3.63, 3.8) is 0 Å². The summed E-state index contributed by atoms with van der Waals surface area (Å²) in [6.45, 7) is -0.0585. The first-order valence-electron chi connectivity index (χ1n) is 8.59. The number of hydrogen-bond donors (Lipinski definition) is 2. The van der Waals surface area contributed by atoms with E-state index in [1.54, 1.807) is 14.2 Å². The number of rotatable bonds is 5. The van der Waals surface area contributed by atoms with Crippen molar-refractivity contribution in [2.75, 3.05) is 27.4 Å². The van der Waals surface area contributed by atoms with E-state index in [0.29, 0.717) is 0 Å².